The van der Waals surface area contributed by atoms with Crippen LogP contribution in [-0.4, -0.2) is 54.5 Å². The smallest absolute Gasteiger partial charge is 0.226 e. The van der Waals surface area contributed by atoms with Crippen LogP contribution in [0.5, 0.6) is 11.5 Å². The molecule has 6 heteroatoms. The lowest BCUT2D eigenvalue weighted by Gasteiger charge is -2.34. The first kappa shape index (κ1) is 17.2. The quantitative estimate of drug-likeness (QED) is 0.814. The van der Waals surface area contributed by atoms with Crippen molar-refractivity contribution in [3.05, 3.63) is 23.8 Å². The van der Waals surface area contributed by atoms with E-state index in [0.717, 1.165) is 49.3 Å². The molecule has 0 N–H and O–H groups in total. The van der Waals surface area contributed by atoms with Gasteiger partial charge in [0.1, 0.15) is 13.2 Å². The lowest BCUT2D eigenvalue weighted by molar-refractivity contribution is -0.140. The Kier molecular flexibility index (Phi) is 4.74. The zero-order chi connectivity index (χ0) is 18.1. The molecule has 140 valence electrons. The predicted molar refractivity (Wildman–Crippen MR) is 96.1 cm³/mol. The van der Waals surface area contributed by atoms with Gasteiger partial charge in [-0.25, -0.2) is 0 Å². The fourth-order valence-corrected chi connectivity index (χ4v) is 4.32. The number of hydrogen-bond acceptors (Lipinski definition) is 4. The van der Waals surface area contributed by atoms with Gasteiger partial charge in [-0.05, 0) is 43.4 Å². The number of rotatable bonds is 2. The summed E-state index contributed by atoms with van der Waals surface area (Å²) in [5.41, 5.74) is 1.13. The summed E-state index contributed by atoms with van der Waals surface area (Å²) >= 11 is 0. The van der Waals surface area contributed by atoms with Crippen LogP contribution in [0.25, 0.3) is 0 Å². The molecule has 0 spiro atoms. The highest BCUT2D eigenvalue weighted by molar-refractivity contribution is 5.80. The Morgan fingerprint density at radius 3 is 2.46 bits per heavy atom. The topological polar surface area (TPSA) is 59.1 Å². The molecule has 0 radical (unpaired) electrons. The molecule has 3 aliphatic heterocycles. The highest BCUT2D eigenvalue weighted by Gasteiger charge is 2.36. The normalized spacial score (nSPS) is 23.2. The summed E-state index contributed by atoms with van der Waals surface area (Å²) in [6.07, 6.45) is 3.54. The largest absolute Gasteiger partial charge is 0.486 e. The van der Waals surface area contributed by atoms with E-state index in [1.807, 2.05) is 21.9 Å². The van der Waals surface area contributed by atoms with Gasteiger partial charge in [0.05, 0.1) is 6.04 Å². The van der Waals surface area contributed by atoms with Crippen molar-refractivity contribution in [1.29, 1.82) is 0 Å². The van der Waals surface area contributed by atoms with Crippen molar-refractivity contribution in [2.75, 3.05) is 32.8 Å². The van der Waals surface area contributed by atoms with Crippen LogP contribution in [0.1, 0.15) is 44.2 Å². The summed E-state index contributed by atoms with van der Waals surface area (Å²) in [7, 11) is 0. The van der Waals surface area contributed by atoms with E-state index in [1.54, 1.807) is 6.92 Å². The van der Waals surface area contributed by atoms with Crippen molar-refractivity contribution in [2.45, 2.75) is 38.6 Å². The maximum Gasteiger partial charge on any atom is 0.226 e. The van der Waals surface area contributed by atoms with Crippen molar-refractivity contribution in [3.8, 4) is 11.5 Å². The lowest BCUT2D eigenvalue weighted by Crippen LogP contribution is -2.43. The third-order valence-corrected chi connectivity index (χ3v) is 5.78. The standard InChI is InChI=1S/C20H26N2O4/c1-14(23)21-9-6-15(7-10-21)20(24)22-8-2-3-17(22)16-4-5-18-19(13-16)26-12-11-25-18/h4-5,13,15,17H,2-3,6-12H2,1H3/t17-/m1/s1. The predicted octanol–water partition coefficient (Wildman–Crippen LogP) is 2.38. The molecule has 1 aromatic carbocycles. The average Bonchev–Trinajstić information content (AvgIpc) is 3.17. The summed E-state index contributed by atoms with van der Waals surface area (Å²) < 4.78 is 11.3. The van der Waals surface area contributed by atoms with Gasteiger partial charge in [0.2, 0.25) is 11.8 Å². The molecule has 6 nitrogen and oxygen atoms in total. The van der Waals surface area contributed by atoms with E-state index < -0.39 is 0 Å². The first-order valence-corrected chi connectivity index (χ1v) is 9.59. The van der Waals surface area contributed by atoms with Crippen molar-refractivity contribution < 1.29 is 19.1 Å². The molecule has 0 aromatic heterocycles. The summed E-state index contributed by atoms with van der Waals surface area (Å²) in [4.78, 5) is 28.5. The van der Waals surface area contributed by atoms with Gasteiger partial charge in [0.15, 0.2) is 11.5 Å². The molecule has 2 amide bonds. The SMILES string of the molecule is CC(=O)N1CCC(C(=O)N2CCC[C@@H]2c2ccc3c(c2)OCCO3)CC1. The van der Waals surface area contributed by atoms with Crippen molar-refractivity contribution in [2.24, 2.45) is 5.92 Å². The lowest BCUT2D eigenvalue weighted by atomic mass is 9.94. The zero-order valence-electron chi connectivity index (χ0n) is 15.3. The molecule has 2 saturated heterocycles. The van der Waals surface area contributed by atoms with Gasteiger partial charge in [0, 0.05) is 32.5 Å². The Morgan fingerprint density at radius 2 is 1.73 bits per heavy atom. The molecule has 3 heterocycles. The van der Waals surface area contributed by atoms with E-state index in [2.05, 4.69) is 6.07 Å². The number of piperidine rings is 1. The summed E-state index contributed by atoms with van der Waals surface area (Å²) in [6, 6.07) is 6.16. The highest BCUT2D eigenvalue weighted by atomic mass is 16.6. The zero-order valence-corrected chi connectivity index (χ0v) is 15.3. The van der Waals surface area contributed by atoms with Crippen LogP contribution < -0.4 is 9.47 Å². The first-order valence-electron chi connectivity index (χ1n) is 9.59. The molecule has 0 bridgehead atoms. The van der Waals surface area contributed by atoms with E-state index in [9.17, 15) is 9.59 Å². The fraction of sp³-hybridized carbons (Fsp3) is 0.600. The maximum absolute atomic E-state index is 13.1. The van der Waals surface area contributed by atoms with Crippen molar-refractivity contribution in [1.82, 2.24) is 9.80 Å². The van der Waals surface area contributed by atoms with Crippen LogP contribution in [0.4, 0.5) is 0 Å². The molecule has 4 rings (SSSR count). The van der Waals surface area contributed by atoms with Crippen LogP contribution in [-0.2, 0) is 9.59 Å². The maximum atomic E-state index is 13.1. The Balaban J connectivity index is 1.46. The number of benzene rings is 1. The Labute approximate surface area is 154 Å². The minimum absolute atomic E-state index is 0.0309. The fourth-order valence-electron chi connectivity index (χ4n) is 4.32. The van der Waals surface area contributed by atoms with Crippen molar-refractivity contribution >= 4 is 11.8 Å². The first-order chi connectivity index (χ1) is 12.6. The van der Waals surface area contributed by atoms with Crippen LogP contribution in [0.2, 0.25) is 0 Å². The highest BCUT2D eigenvalue weighted by Crippen LogP contribution is 2.39. The summed E-state index contributed by atoms with van der Waals surface area (Å²) in [5.74, 6) is 1.94. The number of hydrogen-bond donors (Lipinski definition) is 0. The van der Waals surface area contributed by atoms with Crippen molar-refractivity contribution in [3.63, 3.8) is 0 Å². The Hall–Kier alpha value is -2.24. The number of carbonyl (C=O) groups excluding carboxylic acids is 2. The molecule has 26 heavy (non-hydrogen) atoms. The molecule has 3 aliphatic rings. The van der Waals surface area contributed by atoms with Gasteiger partial charge in [-0.3, -0.25) is 9.59 Å². The molecular weight excluding hydrogens is 332 g/mol. The second-order valence-corrected chi connectivity index (χ2v) is 7.37. The second kappa shape index (κ2) is 7.17. The van der Waals surface area contributed by atoms with Crippen LogP contribution in [0, 0.1) is 5.92 Å². The van der Waals surface area contributed by atoms with Gasteiger partial charge in [-0.1, -0.05) is 6.07 Å². The van der Waals surface area contributed by atoms with Gasteiger partial charge in [-0.2, -0.15) is 0 Å². The Bertz CT molecular complexity index is 697. The minimum Gasteiger partial charge on any atom is -0.486 e. The van der Waals surface area contributed by atoms with Crippen LogP contribution >= 0.6 is 0 Å². The molecule has 1 atom stereocenters. The minimum atomic E-state index is 0.0309. The second-order valence-electron chi connectivity index (χ2n) is 7.37. The number of nitrogens with zero attached hydrogens (tertiary/aromatic N) is 2. The summed E-state index contributed by atoms with van der Waals surface area (Å²) in [6.45, 7) is 4.94. The third-order valence-electron chi connectivity index (χ3n) is 5.78. The number of ether oxygens (including phenoxy) is 2. The molecule has 0 saturated carbocycles. The molecule has 0 unspecified atom stereocenters. The van der Waals surface area contributed by atoms with E-state index in [4.69, 9.17) is 9.47 Å². The number of likely N-dealkylation sites (tertiary alicyclic amines) is 2. The van der Waals surface area contributed by atoms with Gasteiger partial charge >= 0.3 is 0 Å². The number of amides is 2. The number of fused-ring (bicyclic) bond motifs is 1. The van der Waals surface area contributed by atoms with E-state index in [1.165, 1.54) is 0 Å². The molecule has 1 aromatic rings. The Morgan fingerprint density at radius 1 is 1.00 bits per heavy atom. The molecule has 2 fully saturated rings. The van der Waals surface area contributed by atoms with E-state index in [-0.39, 0.29) is 23.8 Å². The van der Waals surface area contributed by atoms with Gasteiger partial charge in [-0.15, -0.1) is 0 Å². The van der Waals surface area contributed by atoms with Crippen LogP contribution in [0.15, 0.2) is 18.2 Å². The molecule has 0 aliphatic carbocycles. The van der Waals surface area contributed by atoms with E-state index in [0.29, 0.717) is 26.3 Å². The summed E-state index contributed by atoms with van der Waals surface area (Å²) in [5, 5.41) is 0. The third kappa shape index (κ3) is 3.24. The van der Waals surface area contributed by atoms with E-state index >= 15 is 0 Å². The van der Waals surface area contributed by atoms with Gasteiger partial charge < -0.3 is 19.3 Å². The monoisotopic (exact) mass is 358 g/mol. The molecular formula is C20H26N2O4. The average molecular weight is 358 g/mol. The van der Waals surface area contributed by atoms with Gasteiger partial charge in [0.25, 0.3) is 0 Å². The van der Waals surface area contributed by atoms with Crippen LogP contribution in [0.3, 0.4) is 0 Å². The number of carbonyl (C=O) groups is 2.